The SMILES string of the molecule is CC1=CC2(CCN(C(=O)c3n[nH]c(=O)[nH]3)CC2)OCC1. The van der Waals surface area contributed by atoms with Crippen LogP contribution in [0.4, 0.5) is 0 Å². The second-order valence-electron chi connectivity index (χ2n) is 5.47. The second kappa shape index (κ2) is 4.90. The van der Waals surface area contributed by atoms with Gasteiger partial charge in [0.15, 0.2) is 0 Å². The highest BCUT2D eigenvalue weighted by Crippen LogP contribution is 2.33. The molecule has 1 aromatic heterocycles. The Bertz CT molecular complexity index is 593. The lowest BCUT2D eigenvalue weighted by molar-refractivity contribution is -0.0523. The molecule has 2 aliphatic heterocycles. The lowest BCUT2D eigenvalue weighted by Gasteiger charge is -2.41. The van der Waals surface area contributed by atoms with Gasteiger partial charge in [0.1, 0.15) is 0 Å². The van der Waals surface area contributed by atoms with E-state index in [0.29, 0.717) is 13.1 Å². The zero-order valence-corrected chi connectivity index (χ0v) is 11.4. The van der Waals surface area contributed by atoms with Gasteiger partial charge in [-0.15, -0.1) is 5.10 Å². The molecule has 0 aliphatic carbocycles. The van der Waals surface area contributed by atoms with Gasteiger partial charge in [0.25, 0.3) is 5.91 Å². The molecule has 7 nitrogen and oxygen atoms in total. The molecule has 0 unspecified atom stereocenters. The van der Waals surface area contributed by atoms with Crippen LogP contribution in [0.25, 0.3) is 0 Å². The number of nitrogens with zero attached hydrogens (tertiary/aromatic N) is 2. The largest absolute Gasteiger partial charge is 0.370 e. The molecule has 108 valence electrons. The number of ether oxygens (including phenoxy) is 1. The molecule has 3 rings (SSSR count). The fourth-order valence-corrected chi connectivity index (χ4v) is 2.88. The summed E-state index contributed by atoms with van der Waals surface area (Å²) in [5, 5.41) is 5.89. The fourth-order valence-electron chi connectivity index (χ4n) is 2.88. The van der Waals surface area contributed by atoms with Gasteiger partial charge in [-0.3, -0.25) is 9.78 Å². The Morgan fingerprint density at radius 1 is 1.45 bits per heavy atom. The number of likely N-dealkylation sites (tertiary alicyclic amines) is 1. The second-order valence-corrected chi connectivity index (χ2v) is 5.47. The number of rotatable bonds is 1. The lowest BCUT2D eigenvalue weighted by atomic mass is 9.87. The van der Waals surface area contributed by atoms with Crippen LogP contribution in [-0.2, 0) is 4.74 Å². The average molecular weight is 278 g/mol. The van der Waals surface area contributed by atoms with Crippen molar-refractivity contribution in [1.29, 1.82) is 0 Å². The molecule has 0 aromatic carbocycles. The van der Waals surface area contributed by atoms with E-state index in [4.69, 9.17) is 4.74 Å². The van der Waals surface area contributed by atoms with E-state index < -0.39 is 5.69 Å². The van der Waals surface area contributed by atoms with Crippen molar-refractivity contribution in [2.24, 2.45) is 0 Å². The van der Waals surface area contributed by atoms with Gasteiger partial charge in [-0.05, 0) is 26.2 Å². The molecule has 2 N–H and O–H groups in total. The number of aromatic amines is 2. The first kappa shape index (κ1) is 13.1. The first-order chi connectivity index (χ1) is 9.58. The molecule has 0 bridgehead atoms. The molecular formula is C13H18N4O3. The third-order valence-electron chi connectivity index (χ3n) is 4.00. The van der Waals surface area contributed by atoms with Crippen molar-refractivity contribution in [1.82, 2.24) is 20.1 Å². The lowest BCUT2D eigenvalue weighted by Crippen LogP contribution is -2.48. The average Bonchev–Trinajstić information content (AvgIpc) is 2.85. The Labute approximate surface area is 116 Å². The maximum atomic E-state index is 12.2. The van der Waals surface area contributed by atoms with Crippen LogP contribution in [0.3, 0.4) is 0 Å². The smallest absolute Gasteiger partial charge is 0.341 e. The predicted octanol–water partition coefficient (Wildman–Crippen LogP) is 0.439. The van der Waals surface area contributed by atoms with Crippen molar-refractivity contribution in [3.05, 3.63) is 28.0 Å². The Morgan fingerprint density at radius 3 is 2.80 bits per heavy atom. The van der Waals surface area contributed by atoms with Crippen LogP contribution in [0, 0.1) is 0 Å². The van der Waals surface area contributed by atoms with E-state index in [1.165, 1.54) is 5.57 Å². The van der Waals surface area contributed by atoms with Crippen LogP contribution in [-0.4, -0.2) is 51.3 Å². The van der Waals surface area contributed by atoms with Gasteiger partial charge in [-0.2, -0.15) is 0 Å². The predicted molar refractivity (Wildman–Crippen MR) is 71.4 cm³/mol. The Morgan fingerprint density at radius 2 is 2.20 bits per heavy atom. The van der Waals surface area contributed by atoms with Crippen LogP contribution in [0.2, 0.25) is 0 Å². The number of carbonyl (C=O) groups excluding carboxylic acids is 1. The maximum Gasteiger partial charge on any atom is 0.341 e. The number of H-pyrrole nitrogens is 2. The highest BCUT2D eigenvalue weighted by molar-refractivity contribution is 5.90. The molecule has 1 amide bonds. The summed E-state index contributed by atoms with van der Waals surface area (Å²) in [5.74, 6) is -0.169. The van der Waals surface area contributed by atoms with Crippen molar-refractivity contribution >= 4 is 5.91 Å². The van der Waals surface area contributed by atoms with Crippen molar-refractivity contribution in [2.75, 3.05) is 19.7 Å². The monoisotopic (exact) mass is 278 g/mol. The molecule has 7 heteroatoms. The third-order valence-corrected chi connectivity index (χ3v) is 4.00. The van der Waals surface area contributed by atoms with E-state index in [-0.39, 0.29) is 17.3 Å². The molecular weight excluding hydrogens is 260 g/mol. The van der Waals surface area contributed by atoms with E-state index in [1.807, 2.05) is 0 Å². The summed E-state index contributed by atoms with van der Waals surface area (Å²) in [7, 11) is 0. The van der Waals surface area contributed by atoms with Gasteiger partial charge in [-0.25, -0.2) is 9.89 Å². The highest BCUT2D eigenvalue weighted by atomic mass is 16.5. The number of carbonyl (C=O) groups is 1. The van der Waals surface area contributed by atoms with Gasteiger partial charge in [0.2, 0.25) is 5.82 Å². The van der Waals surface area contributed by atoms with Crippen LogP contribution in [0.5, 0.6) is 0 Å². The number of hydrogen-bond donors (Lipinski definition) is 2. The maximum absolute atomic E-state index is 12.2. The van der Waals surface area contributed by atoms with Crippen molar-refractivity contribution < 1.29 is 9.53 Å². The molecule has 1 fully saturated rings. The Kier molecular flexibility index (Phi) is 3.21. The van der Waals surface area contributed by atoms with Gasteiger partial charge in [0.05, 0.1) is 12.2 Å². The summed E-state index contributed by atoms with van der Waals surface area (Å²) >= 11 is 0. The first-order valence-corrected chi connectivity index (χ1v) is 6.84. The molecule has 1 aromatic rings. The van der Waals surface area contributed by atoms with E-state index in [0.717, 1.165) is 25.9 Å². The molecule has 0 atom stereocenters. The van der Waals surface area contributed by atoms with Crippen LogP contribution in [0.1, 0.15) is 36.8 Å². The first-order valence-electron chi connectivity index (χ1n) is 6.84. The highest BCUT2D eigenvalue weighted by Gasteiger charge is 2.37. The fraction of sp³-hybridized carbons (Fsp3) is 0.615. The number of hydrogen-bond acceptors (Lipinski definition) is 4. The molecule has 1 spiro atoms. The van der Waals surface area contributed by atoms with Gasteiger partial charge in [-0.1, -0.05) is 11.6 Å². The number of amides is 1. The normalized spacial score (nSPS) is 21.9. The van der Waals surface area contributed by atoms with Gasteiger partial charge in [0, 0.05) is 13.1 Å². The van der Waals surface area contributed by atoms with Crippen LogP contribution >= 0.6 is 0 Å². The minimum Gasteiger partial charge on any atom is -0.370 e. The van der Waals surface area contributed by atoms with Crippen LogP contribution < -0.4 is 5.69 Å². The van der Waals surface area contributed by atoms with Crippen LogP contribution in [0.15, 0.2) is 16.4 Å². The van der Waals surface area contributed by atoms with Crippen molar-refractivity contribution in [3.8, 4) is 0 Å². The molecule has 1 saturated heterocycles. The molecule has 3 heterocycles. The number of piperidine rings is 1. The molecule has 20 heavy (non-hydrogen) atoms. The quantitative estimate of drug-likeness (QED) is 0.729. The Hall–Kier alpha value is -1.89. The Balaban J connectivity index is 1.68. The zero-order valence-electron chi connectivity index (χ0n) is 11.4. The van der Waals surface area contributed by atoms with Crippen molar-refractivity contribution in [2.45, 2.75) is 31.8 Å². The van der Waals surface area contributed by atoms with E-state index in [2.05, 4.69) is 28.2 Å². The molecule has 2 aliphatic rings. The van der Waals surface area contributed by atoms with Crippen molar-refractivity contribution in [3.63, 3.8) is 0 Å². The number of aromatic nitrogens is 3. The van der Waals surface area contributed by atoms with Gasteiger partial charge < -0.3 is 9.64 Å². The third kappa shape index (κ3) is 2.40. The summed E-state index contributed by atoms with van der Waals surface area (Å²) in [5.41, 5.74) is 0.682. The summed E-state index contributed by atoms with van der Waals surface area (Å²) in [6, 6.07) is 0. The zero-order chi connectivity index (χ0) is 14.2. The number of nitrogens with one attached hydrogen (secondary N) is 2. The minimum absolute atomic E-state index is 0.0715. The molecule has 0 radical (unpaired) electrons. The topological polar surface area (TPSA) is 91.1 Å². The summed E-state index contributed by atoms with van der Waals surface area (Å²) < 4.78 is 5.92. The summed E-state index contributed by atoms with van der Waals surface area (Å²) in [6.07, 6.45) is 4.75. The van der Waals surface area contributed by atoms with E-state index >= 15 is 0 Å². The molecule has 0 saturated carbocycles. The summed E-state index contributed by atoms with van der Waals surface area (Å²) in [4.78, 5) is 27.3. The minimum atomic E-state index is -0.462. The van der Waals surface area contributed by atoms with E-state index in [1.54, 1.807) is 4.90 Å². The van der Waals surface area contributed by atoms with Gasteiger partial charge >= 0.3 is 5.69 Å². The standard InChI is InChI=1S/C13H18N4O3/c1-9-2-7-20-13(8-9)3-5-17(6-4-13)11(18)10-14-12(19)16-15-10/h8H,2-7H2,1H3,(H2,14,15,16,19). The van der Waals surface area contributed by atoms with E-state index in [9.17, 15) is 9.59 Å². The summed E-state index contributed by atoms with van der Waals surface area (Å²) in [6.45, 7) is 4.09.